The van der Waals surface area contributed by atoms with E-state index in [9.17, 15) is 0 Å². The van der Waals surface area contributed by atoms with Gasteiger partial charge >= 0.3 is 0 Å². The van der Waals surface area contributed by atoms with Crippen LogP contribution in [0.25, 0.3) is 33.6 Å². The molecule has 3 aromatic heterocycles. The van der Waals surface area contributed by atoms with E-state index in [1.54, 1.807) is 0 Å². The van der Waals surface area contributed by atoms with E-state index in [0.717, 1.165) is 112 Å². The number of aryl methyl sites for hydroxylation is 5. The van der Waals surface area contributed by atoms with Gasteiger partial charge in [-0.25, -0.2) is 15.0 Å². The van der Waals surface area contributed by atoms with Crippen LogP contribution in [0.3, 0.4) is 0 Å². The highest BCUT2D eigenvalue weighted by Crippen LogP contribution is 2.39. The Kier molecular flexibility index (Phi) is 11.0. The van der Waals surface area contributed by atoms with Crippen LogP contribution in [0.5, 0.6) is 0 Å². The molecule has 326 valence electrons. The minimum Gasteiger partial charge on any atom is -0.479 e. The molecule has 0 bridgehead atoms. The van der Waals surface area contributed by atoms with Crippen molar-refractivity contribution < 1.29 is 14.2 Å². The van der Waals surface area contributed by atoms with Crippen LogP contribution in [0.4, 0.5) is 0 Å². The Labute approximate surface area is 376 Å². The van der Waals surface area contributed by atoms with Gasteiger partial charge in [0.2, 0.25) is 0 Å². The normalized spacial score (nSPS) is 23.5. The van der Waals surface area contributed by atoms with Gasteiger partial charge in [-0.1, -0.05) is 54.6 Å². The first kappa shape index (κ1) is 41.6. The van der Waals surface area contributed by atoms with Crippen molar-refractivity contribution in [3.8, 4) is 33.6 Å². The van der Waals surface area contributed by atoms with Gasteiger partial charge in [0.1, 0.15) is 36.4 Å². The number of aliphatic imine (C=N–C) groups is 3. The second-order valence-electron chi connectivity index (χ2n) is 18.6. The highest BCUT2D eigenvalue weighted by Gasteiger charge is 2.41. The summed E-state index contributed by atoms with van der Waals surface area (Å²) in [4.78, 5) is 23.2. The Morgan fingerprint density at radius 3 is 1.45 bits per heavy atom. The zero-order valence-corrected chi connectivity index (χ0v) is 37.7. The van der Waals surface area contributed by atoms with Gasteiger partial charge in [0.05, 0.1) is 11.4 Å². The van der Waals surface area contributed by atoms with Gasteiger partial charge in [-0.3, -0.25) is 14.6 Å². The smallest absolute Gasteiger partial charge is 0.180 e. The summed E-state index contributed by atoms with van der Waals surface area (Å²) in [6, 6.07) is 32.5. The van der Waals surface area contributed by atoms with Crippen molar-refractivity contribution in [2.24, 2.45) is 22.0 Å². The predicted molar refractivity (Wildman–Crippen MR) is 254 cm³/mol. The van der Waals surface area contributed by atoms with Crippen molar-refractivity contribution in [1.82, 2.24) is 19.7 Å². The zero-order valence-electron chi connectivity index (χ0n) is 37.7. The third-order valence-corrected chi connectivity index (χ3v) is 14.0. The molecule has 0 N–H and O–H groups in total. The lowest BCUT2D eigenvalue weighted by atomic mass is 9.78. The van der Waals surface area contributed by atoms with E-state index in [1.807, 2.05) is 69.3 Å². The molecule has 6 heterocycles. The lowest BCUT2D eigenvalue weighted by Crippen LogP contribution is -2.35. The van der Waals surface area contributed by atoms with Crippen molar-refractivity contribution >= 4 is 17.7 Å². The Hall–Kier alpha value is -6.42. The molecular weight excluding hydrogens is 795 g/mol. The van der Waals surface area contributed by atoms with Gasteiger partial charge in [0.25, 0.3) is 0 Å². The number of rotatable bonds is 3. The first-order chi connectivity index (χ1) is 31.0. The quantitative estimate of drug-likeness (QED) is 0.176. The maximum atomic E-state index is 5.64. The fourth-order valence-corrected chi connectivity index (χ4v) is 10.6. The number of nitrogens with zero attached hydrogens (tertiary/aromatic N) is 7. The molecule has 0 saturated carbocycles. The first-order valence-electron chi connectivity index (χ1n) is 22.8. The van der Waals surface area contributed by atoms with Crippen molar-refractivity contribution in [1.29, 1.82) is 0 Å². The summed E-state index contributed by atoms with van der Waals surface area (Å²) in [6.45, 7) is 10.1. The Morgan fingerprint density at radius 1 is 0.484 bits per heavy atom. The Bertz CT molecular complexity index is 2810. The summed E-state index contributed by atoms with van der Waals surface area (Å²) >= 11 is 0. The summed E-state index contributed by atoms with van der Waals surface area (Å²) < 4.78 is 18.8. The van der Waals surface area contributed by atoms with Crippen LogP contribution in [0.1, 0.15) is 79.1 Å². The van der Waals surface area contributed by atoms with E-state index < -0.39 is 0 Å². The standard InChI is InChI=1S/C19H20N2O.C18H18N2O.C17H19N3O/c1-13-18(4-3-9-20-13)16-6-5-15-7-8-19(11-17(15)10-16)12-22-14(2)21-19;1-13-20-18(12-21-13)8-7-14-5-6-15(10-16(14)11-18)17-4-2-3-9-19-17;1-12-19-17(11-21-12)7-5-13-3-4-14(9-15(13)10-17)16-6-8-18-20(16)2/h3-6,9-10H,7-8,11-12H2,1-2H3;2-6,9-10H,7-8,11-12H2,1H3;3-4,6,8-9H,5,7,10-11H2,1-2H3. The third kappa shape index (κ3) is 8.50. The van der Waals surface area contributed by atoms with Crippen LogP contribution in [-0.2, 0) is 59.8 Å². The molecule has 6 aromatic rings. The maximum Gasteiger partial charge on any atom is 0.180 e. The summed E-state index contributed by atoms with van der Waals surface area (Å²) in [5.74, 6) is 2.50. The largest absolute Gasteiger partial charge is 0.479 e. The molecule has 12 rings (SSSR count). The molecule has 10 heteroatoms. The fourth-order valence-electron chi connectivity index (χ4n) is 10.6. The number of ether oxygens (including phenoxy) is 3. The monoisotopic (exact) mass is 851 g/mol. The van der Waals surface area contributed by atoms with Gasteiger partial charge in [-0.05, 0) is 121 Å². The SMILES string of the molecule is CC1=NC2(CCc3ccc(-c4ccccn4)cc3C2)CO1.CC1=NC2(CCc3ccc(-c4cccnc4C)cc3C2)CO1.CC1=NC2(CCc3ccc(-c4ccnn4C)cc3C2)CO1. The van der Waals surface area contributed by atoms with Crippen LogP contribution >= 0.6 is 0 Å². The number of benzene rings is 3. The molecule has 3 aliphatic heterocycles. The van der Waals surface area contributed by atoms with Crippen LogP contribution in [0, 0.1) is 6.92 Å². The molecule has 3 aliphatic carbocycles. The molecule has 0 fully saturated rings. The third-order valence-electron chi connectivity index (χ3n) is 14.0. The first-order valence-corrected chi connectivity index (χ1v) is 22.8. The van der Waals surface area contributed by atoms with Gasteiger partial charge in [-0.15, -0.1) is 0 Å². The maximum absolute atomic E-state index is 5.64. The van der Waals surface area contributed by atoms with Crippen molar-refractivity contribution in [3.63, 3.8) is 0 Å². The van der Waals surface area contributed by atoms with Crippen LogP contribution in [-0.4, -0.2) is 73.9 Å². The van der Waals surface area contributed by atoms with E-state index in [-0.39, 0.29) is 16.6 Å². The van der Waals surface area contributed by atoms with E-state index in [0.29, 0.717) is 0 Å². The van der Waals surface area contributed by atoms with E-state index >= 15 is 0 Å². The van der Waals surface area contributed by atoms with Crippen LogP contribution < -0.4 is 0 Å². The minimum absolute atomic E-state index is 0.0256. The second kappa shape index (κ2) is 16.9. The molecule has 3 atom stereocenters. The molecule has 3 aromatic carbocycles. The van der Waals surface area contributed by atoms with E-state index in [2.05, 4.69) is 94.8 Å². The molecular formula is C54H57N7O3. The zero-order chi connectivity index (χ0) is 43.9. The highest BCUT2D eigenvalue weighted by atomic mass is 16.5. The van der Waals surface area contributed by atoms with Gasteiger partial charge in [-0.2, -0.15) is 5.10 Å². The minimum atomic E-state index is -0.0281. The lowest BCUT2D eigenvalue weighted by Gasteiger charge is -2.30. The highest BCUT2D eigenvalue weighted by molar-refractivity contribution is 5.77. The predicted octanol–water partition coefficient (Wildman–Crippen LogP) is 9.92. The van der Waals surface area contributed by atoms with Crippen molar-refractivity contribution in [2.75, 3.05) is 19.8 Å². The number of hydrogen-bond acceptors (Lipinski definition) is 9. The summed E-state index contributed by atoms with van der Waals surface area (Å²) in [5, 5.41) is 4.26. The average Bonchev–Trinajstić information content (AvgIpc) is 4.10. The molecule has 3 unspecified atom stereocenters. The molecule has 6 aliphatic rings. The number of aromatic nitrogens is 4. The average molecular weight is 852 g/mol. The van der Waals surface area contributed by atoms with E-state index in [1.165, 1.54) is 55.6 Å². The molecule has 0 saturated heterocycles. The van der Waals surface area contributed by atoms with Crippen molar-refractivity contribution in [2.45, 2.75) is 102 Å². The van der Waals surface area contributed by atoms with Crippen LogP contribution in [0.2, 0.25) is 0 Å². The Balaban J connectivity index is 0.000000114. The number of hydrogen-bond donors (Lipinski definition) is 0. The topological polar surface area (TPSA) is 108 Å². The van der Waals surface area contributed by atoms with Gasteiger partial charge in [0.15, 0.2) is 17.7 Å². The number of fused-ring (bicyclic) bond motifs is 3. The summed E-state index contributed by atoms with van der Waals surface area (Å²) in [6.07, 6.45) is 15.0. The Morgan fingerprint density at radius 2 is 0.984 bits per heavy atom. The summed E-state index contributed by atoms with van der Waals surface area (Å²) in [7, 11) is 1.98. The molecule has 64 heavy (non-hydrogen) atoms. The summed E-state index contributed by atoms with van der Waals surface area (Å²) in [5.41, 5.74) is 16.6. The number of pyridine rings is 2. The van der Waals surface area contributed by atoms with E-state index in [4.69, 9.17) is 29.2 Å². The van der Waals surface area contributed by atoms with Gasteiger partial charge < -0.3 is 14.2 Å². The second-order valence-corrected chi connectivity index (χ2v) is 18.6. The fraction of sp³-hybridized carbons (Fsp3) is 0.370. The molecule has 3 spiro atoms. The van der Waals surface area contributed by atoms with Crippen molar-refractivity contribution in [3.05, 3.63) is 149 Å². The molecule has 0 amide bonds. The van der Waals surface area contributed by atoms with Gasteiger partial charge in [0, 0.05) is 88.1 Å². The van der Waals surface area contributed by atoms with Crippen LogP contribution in [0.15, 0.2) is 125 Å². The molecule has 0 radical (unpaired) electrons. The lowest BCUT2D eigenvalue weighted by molar-refractivity contribution is 0.236. The molecule has 10 nitrogen and oxygen atoms in total.